The summed E-state index contributed by atoms with van der Waals surface area (Å²) in [5.74, 6) is -7.88. The van der Waals surface area contributed by atoms with Gasteiger partial charge < -0.3 is 40.7 Å². The summed E-state index contributed by atoms with van der Waals surface area (Å²) in [6.07, 6.45) is 0.107. The average Bonchev–Trinajstić information content (AvgIpc) is 2.90. The molecule has 4 aliphatic rings. The van der Waals surface area contributed by atoms with E-state index >= 15 is 0 Å². The highest BCUT2D eigenvalue weighted by atomic mass is 16.5. The van der Waals surface area contributed by atoms with Gasteiger partial charge in [0.1, 0.15) is 22.8 Å². The maximum absolute atomic E-state index is 14.1. The van der Waals surface area contributed by atoms with Crippen LogP contribution in [0.5, 0.6) is 5.75 Å². The summed E-state index contributed by atoms with van der Waals surface area (Å²) in [6.45, 7) is 1.28. The third-order valence-corrected chi connectivity index (χ3v) is 8.71. The lowest BCUT2D eigenvalue weighted by Gasteiger charge is -2.50. The van der Waals surface area contributed by atoms with Crippen molar-refractivity contribution >= 4 is 29.1 Å². The van der Waals surface area contributed by atoms with E-state index in [1.807, 2.05) is 0 Å². The SMILES string of the molecule is CN(C)c1cc(C(=O)N2CCOCC2)c(O)c2c1CC1CC3[C@@H](N(C)C)C(O)=C(C(N)=O)C(=O)[C@]3(O)C(O)=C1C2=O. The van der Waals surface area contributed by atoms with Gasteiger partial charge in [-0.1, -0.05) is 0 Å². The first kappa shape index (κ1) is 28.6. The second kappa shape index (κ2) is 9.86. The number of ether oxygens (including phenoxy) is 1. The number of nitrogens with zero attached hydrogens (tertiary/aromatic N) is 3. The number of phenols is 1. The van der Waals surface area contributed by atoms with Gasteiger partial charge in [0.25, 0.3) is 11.8 Å². The van der Waals surface area contributed by atoms with Crippen molar-refractivity contribution in [3.8, 4) is 5.75 Å². The van der Waals surface area contributed by atoms with Crippen molar-refractivity contribution in [1.82, 2.24) is 9.80 Å². The number of nitrogens with two attached hydrogens (primary N) is 1. The molecule has 5 rings (SSSR count). The van der Waals surface area contributed by atoms with Crippen molar-refractivity contribution in [2.45, 2.75) is 24.5 Å². The first-order valence-electron chi connectivity index (χ1n) is 13.3. The molecule has 0 bridgehead atoms. The number of anilines is 1. The van der Waals surface area contributed by atoms with E-state index in [1.165, 1.54) is 15.9 Å². The van der Waals surface area contributed by atoms with Crippen molar-refractivity contribution in [2.75, 3.05) is 59.4 Å². The number of Topliss-reactive ketones (excluding diaryl/α,β-unsaturated/α-hetero) is 2. The molecule has 0 spiro atoms. The Morgan fingerprint density at radius 3 is 2.29 bits per heavy atom. The molecule has 220 valence electrons. The number of hydrogen-bond acceptors (Lipinski definition) is 11. The Bertz CT molecular complexity index is 1440. The van der Waals surface area contributed by atoms with Crippen LogP contribution in [0.25, 0.3) is 0 Å². The van der Waals surface area contributed by atoms with E-state index in [0.29, 0.717) is 37.6 Å². The number of morpholine rings is 1. The van der Waals surface area contributed by atoms with Crippen LogP contribution >= 0.6 is 0 Å². The van der Waals surface area contributed by atoms with E-state index in [2.05, 4.69) is 0 Å². The molecule has 1 saturated heterocycles. The summed E-state index contributed by atoms with van der Waals surface area (Å²) in [7, 11) is 6.61. The van der Waals surface area contributed by atoms with E-state index in [0.717, 1.165) is 0 Å². The number of aromatic hydroxyl groups is 1. The summed E-state index contributed by atoms with van der Waals surface area (Å²) >= 11 is 0. The molecule has 1 aliphatic heterocycles. The number of aliphatic hydroxyl groups excluding tert-OH is 2. The lowest BCUT2D eigenvalue weighted by molar-refractivity contribution is -0.148. The Hall–Kier alpha value is -3.94. The number of amides is 2. The topological polar surface area (TPSA) is 194 Å². The van der Waals surface area contributed by atoms with Gasteiger partial charge in [-0.3, -0.25) is 24.1 Å². The Balaban J connectivity index is 1.70. The molecule has 1 aromatic carbocycles. The van der Waals surface area contributed by atoms with Gasteiger partial charge in [-0.05, 0) is 44.5 Å². The molecule has 41 heavy (non-hydrogen) atoms. The molecule has 13 heteroatoms. The van der Waals surface area contributed by atoms with Crippen molar-refractivity contribution in [3.63, 3.8) is 0 Å². The zero-order valence-electron chi connectivity index (χ0n) is 23.3. The van der Waals surface area contributed by atoms with Crippen LogP contribution in [-0.4, -0.2) is 120 Å². The van der Waals surface area contributed by atoms with Gasteiger partial charge >= 0.3 is 0 Å². The molecule has 4 atom stereocenters. The van der Waals surface area contributed by atoms with Gasteiger partial charge in [0, 0.05) is 44.4 Å². The highest BCUT2D eigenvalue weighted by Gasteiger charge is 2.63. The van der Waals surface area contributed by atoms with Gasteiger partial charge in [-0.2, -0.15) is 0 Å². The standard InChI is InChI=1S/C28H34N4O9/c1-30(2)16-11-14(27(39)32-5-7-41-8-6-32)21(33)18-13(16)9-12-10-15-20(31(3)4)23(35)19(26(29)38)25(37)28(15,40)24(36)17(12)22(18)34/h11-12,15,20,33,35-36,40H,5-10H2,1-4H3,(H2,29,38)/t12?,15?,20-,28-/m1/s1. The van der Waals surface area contributed by atoms with Gasteiger partial charge in [-0.15, -0.1) is 0 Å². The maximum atomic E-state index is 14.1. The van der Waals surface area contributed by atoms with Crippen LogP contribution in [-0.2, 0) is 20.7 Å². The molecule has 2 unspecified atom stereocenters. The smallest absolute Gasteiger partial charge is 0.257 e. The molecule has 0 saturated carbocycles. The first-order chi connectivity index (χ1) is 19.2. The quantitative estimate of drug-likeness (QED) is 0.297. The van der Waals surface area contributed by atoms with Gasteiger partial charge in [0.05, 0.1) is 30.4 Å². The lowest BCUT2D eigenvalue weighted by atomic mass is 9.58. The van der Waals surface area contributed by atoms with E-state index in [4.69, 9.17) is 10.5 Å². The second-order valence-corrected chi connectivity index (χ2v) is 11.4. The van der Waals surface area contributed by atoms with Crippen molar-refractivity contribution in [1.29, 1.82) is 0 Å². The van der Waals surface area contributed by atoms with Crippen molar-refractivity contribution in [2.24, 2.45) is 17.6 Å². The predicted octanol–water partition coefficient (Wildman–Crippen LogP) is -0.341. The molecule has 1 aromatic rings. The molecule has 1 fully saturated rings. The molecule has 13 nitrogen and oxygen atoms in total. The van der Waals surface area contributed by atoms with Crippen LogP contribution in [0.4, 0.5) is 5.69 Å². The Morgan fingerprint density at radius 1 is 1.10 bits per heavy atom. The summed E-state index contributed by atoms with van der Waals surface area (Å²) in [5, 5.41) is 45.5. The minimum Gasteiger partial charge on any atom is -0.510 e. The summed E-state index contributed by atoms with van der Waals surface area (Å²) < 4.78 is 5.31. The Kier molecular flexibility index (Phi) is 6.87. The monoisotopic (exact) mass is 570 g/mol. The molecule has 0 radical (unpaired) electrons. The van der Waals surface area contributed by atoms with Crippen LogP contribution < -0.4 is 10.6 Å². The van der Waals surface area contributed by atoms with E-state index in [-0.39, 0.29) is 29.5 Å². The number of carbonyl (C=O) groups is 4. The van der Waals surface area contributed by atoms with Crippen molar-refractivity contribution in [3.05, 3.63) is 45.4 Å². The van der Waals surface area contributed by atoms with E-state index in [9.17, 15) is 39.6 Å². The second-order valence-electron chi connectivity index (χ2n) is 11.4. The number of benzene rings is 1. The number of fused-ring (bicyclic) bond motifs is 3. The van der Waals surface area contributed by atoms with Gasteiger partial charge in [0.15, 0.2) is 11.4 Å². The zero-order chi connectivity index (χ0) is 30.1. The third kappa shape index (κ3) is 4.02. The lowest BCUT2D eigenvalue weighted by Crippen LogP contribution is -2.63. The van der Waals surface area contributed by atoms with E-state index in [1.54, 1.807) is 33.1 Å². The highest BCUT2D eigenvalue weighted by Crippen LogP contribution is 2.53. The predicted molar refractivity (Wildman–Crippen MR) is 145 cm³/mol. The Morgan fingerprint density at radius 2 is 1.73 bits per heavy atom. The molecule has 6 N–H and O–H groups in total. The fourth-order valence-corrected chi connectivity index (χ4v) is 6.80. The largest absolute Gasteiger partial charge is 0.510 e. The van der Waals surface area contributed by atoms with Crippen LogP contribution in [0.1, 0.15) is 32.7 Å². The Labute approximate surface area is 236 Å². The number of aliphatic hydroxyl groups is 3. The average molecular weight is 571 g/mol. The number of phenolic OH excluding ortho intramolecular Hbond substituents is 1. The number of rotatable bonds is 4. The molecular weight excluding hydrogens is 536 g/mol. The van der Waals surface area contributed by atoms with Crippen molar-refractivity contribution < 1.29 is 44.3 Å². The summed E-state index contributed by atoms with van der Waals surface area (Å²) in [4.78, 5) is 57.9. The minimum atomic E-state index is -2.73. The highest BCUT2D eigenvalue weighted by molar-refractivity contribution is 6.25. The minimum absolute atomic E-state index is 0.0200. The van der Waals surface area contributed by atoms with E-state index < -0.39 is 69.7 Å². The van der Waals surface area contributed by atoms with Crippen LogP contribution in [0.15, 0.2) is 28.7 Å². The molecule has 2 amide bonds. The summed E-state index contributed by atoms with van der Waals surface area (Å²) in [6, 6.07) is 0.462. The number of hydrogen-bond donors (Lipinski definition) is 5. The maximum Gasteiger partial charge on any atom is 0.257 e. The van der Waals surface area contributed by atoms with Crippen LogP contribution in [0, 0.1) is 11.8 Å². The molecule has 3 aliphatic carbocycles. The normalized spacial score (nSPS) is 28.0. The number of carbonyl (C=O) groups excluding carboxylic acids is 4. The molecule has 1 heterocycles. The fraction of sp³-hybridized carbons (Fsp3) is 0.500. The number of ketones is 2. The number of primary amides is 1. The fourth-order valence-electron chi connectivity index (χ4n) is 6.80. The van der Waals surface area contributed by atoms with Crippen LogP contribution in [0.3, 0.4) is 0 Å². The summed E-state index contributed by atoms with van der Waals surface area (Å²) in [5.41, 5.74) is 2.17. The van der Waals surface area contributed by atoms with Gasteiger partial charge in [0.2, 0.25) is 5.78 Å². The number of likely N-dealkylation sites (N-methyl/N-ethyl adjacent to an activating group) is 1. The van der Waals surface area contributed by atoms with Gasteiger partial charge in [-0.25, -0.2) is 0 Å². The first-order valence-corrected chi connectivity index (χ1v) is 13.3. The zero-order valence-corrected chi connectivity index (χ0v) is 23.3. The molecular formula is C28H34N4O9. The number of allylic oxidation sites excluding steroid dienone is 1. The van der Waals surface area contributed by atoms with Crippen LogP contribution in [0.2, 0.25) is 0 Å². The molecule has 0 aromatic heterocycles. The third-order valence-electron chi connectivity index (χ3n) is 8.71.